The van der Waals surface area contributed by atoms with Gasteiger partial charge in [0.25, 0.3) is 0 Å². The molecule has 4 rings (SSSR count). The summed E-state index contributed by atoms with van der Waals surface area (Å²) in [6.45, 7) is 2.26. The molecule has 3 nitrogen and oxygen atoms in total. The molecule has 176 valence electrons. The molecule has 4 heteroatoms. The van der Waals surface area contributed by atoms with Crippen molar-refractivity contribution >= 4 is 28.4 Å². The minimum absolute atomic E-state index is 0.844. The van der Waals surface area contributed by atoms with Crippen LogP contribution in [0.15, 0.2) is 84.2 Å². The maximum Gasteiger partial charge on any atom is 0.119 e. The first-order valence-corrected chi connectivity index (χ1v) is 12.9. The Labute approximate surface area is 207 Å². The summed E-state index contributed by atoms with van der Waals surface area (Å²) >= 11 is 1.84. The third kappa shape index (κ3) is 5.81. The highest BCUT2D eigenvalue weighted by Gasteiger charge is 2.13. The van der Waals surface area contributed by atoms with E-state index < -0.39 is 0 Å². The third-order valence-electron chi connectivity index (χ3n) is 6.04. The zero-order valence-electron chi connectivity index (χ0n) is 20.3. The van der Waals surface area contributed by atoms with Gasteiger partial charge in [0.15, 0.2) is 0 Å². The summed E-state index contributed by atoms with van der Waals surface area (Å²) in [5.41, 5.74) is 5.97. The summed E-state index contributed by atoms with van der Waals surface area (Å²) in [7, 11) is 3.38. The summed E-state index contributed by atoms with van der Waals surface area (Å²) in [6, 6.07) is 27.5. The first-order chi connectivity index (χ1) is 16.7. The maximum absolute atomic E-state index is 5.36. The zero-order valence-corrected chi connectivity index (χ0v) is 21.1. The predicted molar refractivity (Wildman–Crippen MR) is 145 cm³/mol. The molecule has 0 amide bonds. The van der Waals surface area contributed by atoms with Crippen LogP contribution in [0.5, 0.6) is 11.5 Å². The Bertz CT molecular complexity index is 1100. The van der Waals surface area contributed by atoms with Crippen LogP contribution in [0, 0.1) is 0 Å². The molecule has 0 spiro atoms. The minimum Gasteiger partial charge on any atom is -0.497 e. The second kappa shape index (κ2) is 11.8. The molecular formula is C30H33NO2S. The Balaban J connectivity index is 1.58. The Morgan fingerprint density at radius 1 is 0.676 bits per heavy atom. The number of aryl methyl sites for hydroxylation is 1. The van der Waals surface area contributed by atoms with E-state index in [1.165, 1.54) is 48.1 Å². The molecule has 3 aromatic carbocycles. The van der Waals surface area contributed by atoms with Crippen molar-refractivity contribution < 1.29 is 9.47 Å². The number of unbranched alkanes of at least 4 members (excludes halogenated alkanes) is 3. The largest absolute Gasteiger partial charge is 0.497 e. The fraction of sp³-hybridized carbons (Fsp3) is 0.267. The highest BCUT2D eigenvalue weighted by Crippen LogP contribution is 2.37. The standard InChI is InChI=1S/C30H33NO2S/c1-4-5-6-7-8-23-21-30(34-22-23)24-9-11-25(12-10-24)31(26-13-17-28(32-2)18-14-26)27-15-19-29(33-3)20-16-27/h9-22H,4-8H2,1-3H3. The minimum atomic E-state index is 0.844. The number of nitrogens with zero attached hydrogens (tertiary/aromatic N) is 1. The number of thiophene rings is 1. The van der Waals surface area contributed by atoms with Crippen LogP contribution in [0.2, 0.25) is 0 Å². The van der Waals surface area contributed by atoms with Crippen LogP contribution in [-0.4, -0.2) is 14.2 Å². The number of hydrogen-bond donors (Lipinski definition) is 0. The molecule has 0 aliphatic rings. The SMILES string of the molecule is CCCCCCc1csc(-c2ccc(N(c3ccc(OC)cc3)c3ccc(OC)cc3)cc2)c1. The van der Waals surface area contributed by atoms with E-state index in [9.17, 15) is 0 Å². The van der Waals surface area contributed by atoms with Crippen molar-refractivity contribution in [1.29, 1.82) is 0 Å². The molecule has 0 fully saturated rings. The van der Waals surface area contributed by atoms with Crippen LogP contribution < -0.4 is 14.4 Å². The van der Waals surface area contributed by atoms with Gasteiger partial charge in [-0.3, -0.25) is 0 Å². The Morgan fingerprint density at radius 2 is 1.21 bits per heavy atom. The Hall–Kier alpha value is -3.24. The molecule has 0 saturated heterocycles. The Morgan fingerprint density at radius 3 is 1.71 bits per heavy atom. The van der Waals surface area contributed by atoms with Gasteiger partial charge in [0.2, 0.25) is 0 Å². The van der Waals surface area contributed by atoms with Gasteiger partial charge in [0, 0.05) is 21.9 Å². The van der Waals surface area contributed by atoms with Crippen molar-refractivity contribution in [1.82, 2.24) is 0 Å². The topological polar surface area (TPSA) is 21.7 Å². The first kappa shape index (κ1) is 23.9. The lowest BCUT2D eigenvalue weighted by atomic mass is 10.1. The molecule has 0 saturated carbocycles. The van der Waals surface area contributed by atoms with Gasteiger partial charge in [0.1, 0.15) is 11.5 Å². The van der Waals surface area contributed by atoms with Gasteiger partial charge in [-0.05, 0) is 96.1 Å². The molecule has 0 atom stereocenters. The number of anilines is 3. The quantitative estimate of drug-likeness (QED) is 0.204. The van der Waals surface area contributed by atoms with E-state index in [2.05, 4.69) is 71.8 Å². The monoisotopic (exact) mass is 471 g/mol. The van der Waals surface area contributed by atoms with Gasteiger partial charge in [-0.2, -0.15) is 0 Å². The maximum atomic E-state index is 5.36. The number of ether oxygens (including phenoxy) is 2. The molecule has 0 aliphatic carbocycles. The van der Waals surface area contributed by atoms with Crippen molar-refractivity contribution in [3.05, 3.63) is 89.8 Å². The van der Waals surface area contributed by atoms with Crippen LogP contribution in [0.4, 0.5) is 17.1 Å². The van der Waals surface area contributed by atoms with Crippen molar-refractivity contribution in [3.8, 4) is 21.9 Å². The normalized spacial score (nSPS) is 10.8. The summed E-state index contributed by atoms with van der Waals surface area (Å²) in [5, 5.41) is 2.32. The van der Waals surface area contributed by atoms with Crippen molar-refractivity contribution in [2.24, 2.45) is 0 Å². The van der Waals surface area contributed by atoms with Crippen molar-refractivity contribution in [3.63, 3.8) is 0 Å². The van der Waals surface area contributed by atoms with Crippen molar-refractivity contribution in [2.75, 3.05) is 19.1 Å². The average molecular weight is 472 g/mol. The Kier molecular flexibility index (Phi) is 8.26. The van der Waals surface area contributed by atoms with Gasteiger partial charge < -0.3 is 14.4 Å². The highest BCUT2D eigenvalue weighted by atomic mass is 32.1. The number of rotatable bonds is 11. The highest BCUT2D eigenvalue weighted by molar-refractivity contribution is 7.13. The first-order valence-electron chi connectivity index (χ1n) is 12.0. The molecule has 34 heavy (non-hydrogen) atoms. The lowest BCUT2D eigenvalue weighted by Crippen LogP contribution is -2.09. The van der Waals surface area contributed by atoms with Gasteiger partial charge >= 0.3 is 0 Å². The second-order valence-electron chi connectivity index (χ2n) is 8.41. The molecule has 0 radical (unpaired) electrons. The summed E-state index contributed by atoms with van der Waals surface area (Å²) in [4.78, 5) is 3.58. The number of methoxy groups -OCH3 is 2. The van der Waals surface area contributed by atoms with E-state index in [1.54, 1.807) is 14.2 Å². The van der Waals surface area contributed by atoms with Gasteiger partial charge in [-0.1, -0.05) is 38.3 Å². The lowest BCUT2D eigenvalue weighted by molar-refractivity contribution is 0.415. The number of hydrogen-bond acceptors (Lipinski definition) is 4. The lowest BCUT2D eigenvalue weighted by Gasteiger charge is -2.26. The molecule has 0 aliphatic heterocycles. The van der Waals surface area contributed by atoms with E-state index in [-0.39, 0.29) is 0 Å². The van der Waals surface area contributed by atoms with E-state index in [1.807, 2.05) is 35.6 Å². The second-order valence-corrected chi connectivity index (χ2v) is 9.32. The van der Waals surface area contributed by atoms with Crippen LogP contribution in [-0.2, 0) is 6.42 Å². The number of benzene rings is 3. The molecule has 1 heterocycles. The predicted octanol–water partition coefficient (Wildman–Crippen LogP) is 9.02. The smallest absolute Gasteiger partial charge is 0.119 e. The average Bonchev–Trinajstić information content (AvgIpc) is 3.37. The summed E-state index contributed by atoms with van der Waals surface area (Å²) in [6.07, 6.45) is 6.39. The summed E-state index contributed by atoms with van der Waals surface area (Å²) in [5.74, 6) is 1.69. The van der Waals surface area contributed by atoms with E-state index in [0.29, 0.717) is 0 Å². The molecule has 0 bridgehead atoms. The fourth-order valence-corrected chi connectivity index (χ4v) is 5.05. The van der Waals surface area contributed by atoms with Crippen molar-refractivity contribution in [2.45, 2.75) is 39.0 Å². The fourth-order valence-electron chi connectivity index (χ4n) is 4.10. The molecule has 0 unspecified atom stereocenters. The van der Waals surface area contributed by atoms with Gasteiger partial charge in [0.05, 0.1) is 14.2 Å². The van der Waals surface area contributed by atoms with Crippen LogP contribution in [0.25, 0.3) is 10.4 Å². The van der Waals surface area contributed by atoms with Crippen LogP contribution >= 0.6 is 11.3 Å². The zero-order chi connectivity index (χ0) is 23.8. The summed E-state index contributed by atoms with van der Waals surface area (Å²) < 4.78 is 10.7. The van der Waals surface area contributed by atoms with E-state index >= 15 is 0 Å². The third-order valence-corrected chi connectivity index (χ3v) is 7.07. The van der Waals surface area contributed by atoms with Gasteiger partial charge in [-0.15, -0.1) is 11.3 Å². The molecule has 0 N–H and O–H groups in total. The van der Waals surface area contributed by atoms with E-state index in [4.69, 9.17) is 9.47 Å². The molecule has 4 aromatic rings. The van der Waals surface area contributed by atoms with Crippen LogP contribution in [0.1, 0.15) is 38.2 Å². The molecule has 1 aromatic heterocycles. The van der Waals surface area contributed by atoms with Gasteiger partial charge in [-0.25, -0.2) is 0 Å². The molecular weight excluding hydrogens is 438 g/mol. The van der Waals surface area contributed by atoms with E-state index in [0.717, 1.165) is 28.6 Å². The van der Waals surface area contributed by atoms with Crippen LogP contribution in [0.3, 0.4) is 0 Å².